The van der Waals surface area contributed by atoms with Gasteiger partial charge in [0.05, 0.1) is 0 Å². The summed E-state index contributed by atoms with van der Waals surface area (Å²) >= 11 is 0. The zero-order chi connectivity index (χ0) is 14.4. The van der Waals surface area contributed by atoms with Crippen LogP contribution in [0.4, 0.5) is 5.69 Å². The topological polar surface area (TPSA) is 35.2 Å². The average molecular weight is 269 g/mol. The molecule has 2 heteroatoms. The third-order valence-corrected chi connectivity index (χ3v) is 3.66. The molecule has 0 fully saturated rings. The van der Waals surface area contributed by atoms with Gasteiger partial charge in [-0.25, -0.2) is 0 Å². The molecule has 20 heavy (non-hydrogen) atoms. The first-order valence-electron chi connectivity index (χ1n) is 7.29. The summed E-state index contributed by atoms with van der Waals surface area (Å²) in [5.41, 5.74) is 7.77. The van der Waals surface area contributed by atoms with Crippen LogP contribution in [0.2, 0.25) is 0 Å². The SMILES string of the molecule is CCC(C)CCc1ccc(Oc2ccc(N)cc2)cc1. The molecule has 0 heterocycles. The normalized spacial score (nSPS) is 12.1. The Morgan fingerprint density at radius 3 is 2.05 bits per heavy atom. The lowest BCUT2D eigenvalue weighted by Gasteiger charge is -2.09. The van der Waals surface area contributed by atoms with E-state index in [1.807, 2.05) is 36.4 Å². The molecule has 0 saturated heterocycles. The third-order valence-electron chi connectivity index (χ3n) is 3.66. The van der Waals surface area contributed by atoms with Crippen molar-refractivity contribution in [3.63, 3.8) is 0 Å². The quantitative estimate of drug-likeness (QED) is 0.746. The zero-order valence-corrected chi connectivity index (χ0v) is 12.3. The molecule has 1 unspecified atom stereocenters. The second-order valence-electron chi connectivity index (χ2n) is 5.37. The van der Waals surface area contributed by atoms with Gasteiger partial charge in [0.2, 0.25) is 0 Å². The Bertz CT molecular complexity index is 516. The molecule has 0 aliphatic heterocycles. The van der Waals surface area contributed by atoms with Gasteiger partial charge >= 0.3 is 0 Å². The summed E-state index contributed by atoms with van der Waals surface area (Å²) in [4.78, 5) is 0. The monoisotopic (exact) mass is 269 g/mol. The van der Waals surface area contributed by atoms with E-state index in [2.05, 4.69) is 26.0 Å². The molecular weight excluding hydrogens is 246 g/mol. The Kier molecular flexibility index (Phi) is 5.05. The van der Waals surface area contributed by atoms with Crippen LogP contribution in [0.5, 0.6) is 11.5 Å². The fourth-order valence-corrected chi connectivity index (χ4v) is 2.01. The van der Waals surface area contributed by atoms with Gasteiger partial charge in [0.25, 0.3) is 0 Å². The first-order chi connectivity index (χ1) is 9.67. The van der Waals surface area contributed by atoms with Gasteiger partial charge < -0.3 is 10.5 Å². The highest BCUT2D eigenvalue weighted by atomic mass is 16.5. The van der Waals surface area contributed by atoms with Crippen LogP contribution in [0.15, 0.2) is 48.5 Å². The molecule has 2 N–H and O–H groups in total. The highest BCUT2D eigenvalue weighted by Crippen LogP contribution is 2.23. The van der Waals surface area contributed by atoms with E-state index >= 15 is 0 Å². The molecule has 0 spiro atoms. The number of rotatable bonds is 6. The van der Waals surface area contributed by atoms with Crippen LogP contribution < -0.4 is 10.5 Å². The van der Waals surface area contributed by atoms with Crippen LogP contribution in [-0.4, -0.2) is 0 Å². The summed E-state index contributed by atoms with van der Waals surface area (Å²) in [5.74, 6) is 2.47. The summed E-state index contributed by atoms with van der Waals surface area (Å²) in [6.45, 7) is 4.55. The highest BCUT2D eigenvalue weighted by molar-refractivity contribution is 5.43. The second kappa shape index (κ2) is 6.99. The van der Waals surface area contributed by atoms with E-state index in [-0.39, 0.29) is 0 Å². The lowest BCUT2D eigenvalue weighted by Crippen LogP contribution is -1.95. The van der Waals surface area contributed by atoms with Gasteiger partial charge in [-0.3, -0.25) is 0 Å². The summed E-state index contributed by atoms with van der Waals surface area (Å²) in [5, 5.41) is 0. The Hall–Kier alpha value is -1.96. The molecular formula is C18H23NO. The van der Waals surface area contributed by atoms with Gasteiger partial charge in [0.15, 0.2) is 0 Å². The van der Waals surface area contributed by atoms with Crippen LogP contribution in [0.1, 0.15) is 32.3 Å². The van der Waals surface area contributed by atoms with E-state index in [9.17, 15) is 0 Å². The minimum Gasteiger partial charge on any atom is -0.457 e. The number of nitrogens with two attached hydrogens (primary N) is 1. The molecule has 1 atom stereocenters. The largest absolute Gasteiger partial charge is 0.457 e. The van der Waals surface area contributed by atoms with Crippen molar-refractivity contribution < 1.29 is 4.74 Å². The number of hydrogen-bond donors (Lipinski definition) is 1. The van der Waals surface area contributed by atoms with Gasteiger partial charge in [-0.15, -0.1) is 0 Å². The predicted octanol–water partition coefficient (Wildman–Crippen LogP) is 5.04. The second-order valence-corrected chi connectivity index (χ2v) is 5.37. The summed E-state index contributed by atoms with van der Waals surface area (Å²) in [6, 6.07) is 15.8. The molecule has 2 aromatic rings. The highest BCUT2D eigenvalue weighted by Gasteiger charge is 2.01. The van der Waals surface area contributed by atoms with Crippen molar-refractivity contribution in [3.8, 4) is 11.5 Å². The fourth-order valence-electron chi connectivity index (χ4n) is 2.01. The van der Waals surface area contributed by atoms with Crippen LogP contribution in [0, 0.1) is 5.92 Å². The van der Waals surface area contributed by atoms with Crippen LogP contribution in [0.3, 0.4) is 0 Å². The third kappa shape index (κ3) is 4.30. The minimum absolute atomic E-state index is 0.748. The molecule has 0 bridgehead atoms. The first kappa shape index (κ1) is 14.4. The van der Waals surface area contributed by atoms with Crippen molar-refractivity contribution in [1.82, 2.24) is 0 Å². The van der Waals surface area contributed by atoms with Gasteiger partial charge in [0, 0.05) is 5.69 Å². The molecule has 2 rings (SSSR count). The van der Waals surface area contributed by atoms with E-state index in [0.717, 1.165) is 29.5 Å². The minimum atomic E-state index is 0.748. The van der Waals surface area contributed by atoms with Crippen LogP contribution in [0.25, 0.3) is 0 Å². The van der Waals surface area contributed by atoms with Crippen molar-refractivity contribution in [2.45, 2.75) is 33.1 Å². The van der Waals surface area contributed by atoms with E-state index < -0.39 is 0 Å². The Labute approximate surface area is 121 Å². The van der Waals surface area contributed by atoms with Gasteiger partial charge in [0.1, 0.15) is 11.5 Å². The Morgan fingerprint density at radius 1 is 0.950 bits per heavy atom. The van der Waals surface area contributed by atoms with Crippen molar-refractivity contribution in [3.05, 3.63) is 54.1 Å². The standard InChI is InChI=1S/C18H23NO/c1-3-14(2)4-5-15-6-10-17(11-7-15)20-18-12-8-16(19)9-13-18/h6-14H,3-5,19H2,1-2H3. The van der Waals surface area contributed by atoms with Crippen LogP contribution >= 0.6 is 0 Å². The van der Waals surface area contributed by atoms with Gasteiger partial charge in [-0.05, 0) is 60.7 Å². The number of hydrogen-bond acceptors (Lipinski definition) is 2. The smallest absolute Gasteiger partial charge is 0.127 e. The summed E-state index contributed by atoms with van der Waals surface area (Å²) in [7, 11) is 0. The van der Waals surface area contributed by atoms with Crippen molar-refractivity contribution in [1.29, 1.82) is 0 Å². The first-order valence-corrected chi connectivity index (χ1v) is 7.29. The molecule has 2 aromatic carbocycles. The fraction of sp³-hybridized carbons (Fsp3) is 0.333. The molecule has 0 aromatic heterocycles. The summed E-state index contributed by atoms with van der Waals surface area (Å²) < 4.78 is 5.78. The zero-order valence-electron chi connectivity index (χ0n) is 12.3. The molecule has 0 saturated carbocycles. The van der Waals surface area contributed by atoms with Crippen molar-refractivity contribution >= 4 is 5.69 Å². The predicted molar refractivity (Wildman–Crippen MR) is 85.1 cm³/mol. The number of aryl methyl sites for hydroxylation is 1. The lowest BCUT2D eigenvalue weighted by molar-refractivity contribution is 0.482. The Balaban J connectivity index is 1.92. The maximum atomic E-state index is 5.78. The van der Waals surface area contributed by atoms with Crippen LogP contribution in [-0.2, 0) is 6.42 Å². The maximum absolute atomic E-state index is 5.78. The lowest BCUT2D eigenvalue weighted by atomic mass is 9.99. The molecule has 2 nitrogen and oxygen atoms in total. The van der Waals surface area contributed by atoms with E-state index in [1.165, 1.54) is 18.4 Å². The number of anilines is 1. The number of benzene rings is 2. The molecule has 0 aliphatic rings. The van der Waals surface area contributed by atoms with Gasteiger partial charge in [-0.2, -0.15) is 0 Å². The van der Waals surface area contributed by atoms with Crippen molar-refractivity contribution in [2.75, 3.05) is 5.73 Å². The van der Waals surface area contributed by atoms with Gasteiger partial charge in [-0.1, -0.05) is 32.4 Å². The van der Waals surface area contributed by atoms with E-state index in [4.69, 9.17) is 10.5 Å². The average Bonchev–Trinajstić information content (AvgIpc) is 2.48. The molecule has 0 amide bonds. The maximum Gasteiger partial charge on any atom is 0.127 e. The molecule has 106 valence electrons. The van der Waals surface area contributed by atoms with Crippen molar-refractivity contribution in [2.24, 2.45) is 5.92 Å². The summed E-state index contributed by atoms with van der Waals surface area (Å²) in [6.07, 6.45) is 3.63. The molecule has 0 aliphatic carbocycles. The number of nitrogen functional groups attached to an aromatic ring is 1. The van der Waals surface area contributed by atoms with E-state index in [1.54, 1.807) is 0 Å². The van der Waals surface area contributed by atoms with E-state index in [0.29, 0.717) is 0 Å². The Morgan fingerprint density at radius 2 is 1.50 bits per heavy atom. The number of ether oxygens (including phenoxy) is 1. The molecule has 0 radical (unpaired) electrons.